The molecule has 0 radical (unpaired) electrons. The minimum absolute atomic E-state index is 1.43. The molecular weight excluding hydrogens is 102 g/mol. The third-order valence-electron chi connectivity index (χ3n) is 0.425. The highest BCUT2D eigenvalue weighted by molar-refractivity contribution is 4.79. The fourth-order valence-electron chi connectivity index (χ4n) is 0.227. The molecule has 0 spiro atoms. The lowest BCUT2D eigenvalue weighted by atomic mass is 10.7. The van der Waals surface area contributed by atoms with Gasteiger partial charge in [0.1, 0.15) is 0 Å². The van der Waals surface area contributed by atoms with E-state index >= 15 is 0 Å². The monoisotopic (exact) mass is 109 g/mol. The average molecular weight is 109 g/mol. The van der Waals surface area contributed by atoms with Gasteiger partial charge in [-0.2, -0.15) is 5.26 Å². The van der Waals surface area contributed by atoms with Crippen LogP contribution < -0.4 is 0 Å². The van der Waals surface area contributed by atoms with Crippen molar-refractivity contribution in [2.24, 2.45) is 0 Å². The molecular formula is C6H7NO. The summed E-state index contributed by atoms with van der Waals surface area (Å²) in [7, 11) is 0. The predicted molar refractivity (Wildman–Crippen MR) is 30.0 cm³/mol. The smallest absolute Gasteiger partial charge is 0.0902 e. The van der Waals surface area contributed by atoms with E-state index in [0.29, 0.717) is 0 Å². The van der Waals surface area contributed by atoms with Gasteiger partial charge in [-0.05, 0) is 12.1 Å². The SMILES string of the molecule is CC#N.c1ccoc1. The first-order chi connectivity index (χ1) is 3.91. The molecule has 0 atom stereocenters. The lowest BCUT2D eigenvalue weighted by molar-refractivity contribution is 0.567. The standard InChI is InChI=1S/C4H4O.C2H3N/c1-2-4-5-3-1;1-2-3/h1-4H;1H3. The van der Waals surface area contributed by atoms with Crippen LogP contribution in [0.25, 0.3) is 0 Å². The van der Waals surface area contributed by atoms with Gasteiger partial charge in [-0.15, -0.1) is 0 Å². The Labute approximate surface area is 48.4 Å². The molecule has 2 nitrogen and oxygen atoms in total. The molecule has 1 rings (SSSR count). The molecule has 0 aliphatic heterocycles. The van der Waals surface area contributed by atoms with Gasteiger partial charge in [0.25, 0.3) is 0 Å². The number of rotatable bonds is 0. The maximum absolute atomic E-state index is 7.32. The van der Waals surface area contributed by atoms with Gasteiger partial charge in [0.05, 0.1) is 18.6 Å². The number of hydrogen-bond acceptors (Lipinski definition) is 2. The molecule has 0 saturated heterocycles. The highest BCUT2D eigenvalue weighted by Crippen LogP contribution is 1.79. The lowest BCUT2D eigenvalue weighted by Gasteiger charge is -1.50. The molecule has 0 aromatic carbocycles. The second kappa shape index (κ2) is 5.77. The molecule has 0 saturated carbocycles. The van der Waals surface area contributed by atoms with Crippen LogP contribution in [0.1, 0.15) is 6.92 Å². The molecule has 0 aliphatic rings. The van der Waals surface area contributed by atoms with Gasteiger partial charge in [0.2, 0.25) is 0 Å². The van der Waals surface area contributed by atoms with Crippen LogP contribution in [0.5, 0.6) is 0 Å². The van der Waals surface area contributed by atoms with E-state index in [1.54, 1.807) is 18.6 Å². The second-order valence-corrected chi connectivity index (χ2v) is 1.02. The zero-order valence-corrected chi connectivity index (χ0v) is 4.66. The Kier molecular flexibility index (Phi) is 4.88. The Hall–Kier alpha value is -1.23. The van der Waals surface area contributed by atoms with E-state index in [2.05, 4.69) is 4.42 Å². The Morgan fingerprint density at radius 2 is 1.75 bits per heavy atom. The van der Waals surface area contributed by atoms with E-state index in [1.807, 2.05) is 12.1 Å². The van der Waals surface area contributed by atoms with Gasteiger partial charge in [0, 0.05) is 6.92 Å². The normalized spacial score (nSPS) is 6.00. The zero-order valence-electron chi connectivity index (χ0n) is 4.66. The van der Waals surface area contributed by atoms with Crippen molar-refractivity contribution in [2.45, 2.75) is 6.92 Å². The Morgan fingerprint density at radius 1 is 1.38 bits per heavy atom. The molecule has 2 heteroatoms. The van der Waals surface area contributed by atoms with E-state index < -0.39 is 0 Å². The first-order valence-corrected chi connectivity index (χ1v) is 2.20. The largest absolute Gasteiger partial charge is 0.473 e. The summed E-state index contributed by atoms with van der Waals surface area (Å²) in [5, 5.41) is 7.32. The van der Waals surface area contributed by atoms with Crippen LogP contribution in [-0.2, 0) is 0 Å². The van der Waals surface area contributed by atoms with Crippen molar-refractivity contribution < 1.29 is 4.42 Å². The molecule has 0 fully saturated rings. The summed E-state index contributed by atoms with van der Waals surface area (Å²) in [6.07, 6.45) is 3.25. The minimum atomic E-state index is 1.43. The molecule has 0 unspecified atom stereocenters. The fourth-order valence-corrected chi connectivity index (χ4v) is 0.227. The van der Waals surface area contributed by atoms with Crippen molar-refractivity contribution in [3.05, 3.63) is 24.7 Å². The Morgan fingerprint density at radius 3 is 1.88 bits per heavy atom. The summed E-state index contributed by atoms with van der Waals surface area (Å²) < 4.78 is 4.58. The Balaban J connectivity index is 0.000000145. The van der Waals surface area contributed by atoms with E-state index in [4.69, 9.17) is 5.26 Å². The van der Waals surface area contributed by atoms with E-state index in [1.165, 1.54) is 6.92 Å². The zero-order chi connectivity index (χ0) is 6.24. The van der Waals surface area contributed by atoms with Crippen molar-refractivity contribution in [3.63, 3.8) is 0 Å². The topological polar surface area (TPSA) is 36.9 Å². The highest BCUT2D eigenvalue weighted by atomic mass is 16.3. The maximum Gasteiger partial charge on any atom is 0.0902 e. The van der Waals surface area contributed by atoms with Crippen molar-refractivity contribution in [1.82, 2.24) is 0 Å². The van der Waals surface area contributed by atoms with Crippen molar-refractivity contribution in [2.75, 3.05) is 0 Å². The molecule has 0 aliphatic carbocycles. The molecule has 0 bridgehead atoms. The van der Waals surface area contributed by atoms with E-state index in [9.17, 15) is 0 Å². The van der Waals surface area contributed by atoms with Gasteiger partial charge < -0.3 is 4.42 Å². The summed E-state index contributed by atoms with van der Waals surface area (Å²) in [4.78, 5) is 0. The second-order valence-electron chi connectivity index (χ2n) is 1.02. The van der Waals surface area contributed by atoms with Gasteiger partial charge in [-0.1, -0.05) is 0 Å². The lowest BCUT2D eigenvalue weighted by Crippen LogP contribution is -1.16. The number of furan rings is 1. The van der Waals surface area contributed by atoms with Gasteiger partial charge in [-0.3, -0.25) is 0 Å². The van der Waals surface area contributed by atoms with Gasteiger partial charge in [0.15, 0.2) is 0 Å². The highest BCUT2D eigenvalue weighted by Gasteiger charge is 1.58. The predicted octanol–water partition coefficient (Wildman–Crippen LogP) is 1.81. The van der Waals surface area contributed by atoms with Crippen LogP contribution in [-0.4, -0.2) is 0 Å². The summed E-state index contributed by atoms with van der Waals surface area (Å²) in [5.74, 6) is 0. The molecule has 1 aromatic heterocycles. The quantitative estimate of drug-likeness (QED) is 0.509. The van der Waals surface area contributed by atoms with Gasteiger partial charge >= 0.3 is 0 Å². The molecule has 0 N–H and O–H groups in total. The van der Waals surface area contributed by atoms with Crippen LogP contribution in [0.2, 0.25) is 0 Å². The average Bonchev–Trinajstić information content (AvgIpc) is 2.17. The van der Waals surface area contributed by atoms with Crippen molar-refractivity contribution in [1.29, 1.82) is 5.26 Å². The third kappa shape index (κ3) is 4.77. The molecule has 1 aromatic rings. The summed E-state index contributed by atoms with van der Waals surface area (Å²) in [6.45, 7) is 1.43. The molecule has 1 heterocycles. The molecule has 42 valence electrons. The van der Waals surface area contributed by atoms with Crippen LogP contribution >= 0.6 is 0 Å². The first-order valence-electron chi connectivity index (χ1n) is 2.20. The van der Waals surface area contributed by atoms with Crippen molar-refractivity contribution in [3.8, 4) is 6.07 Å². The molecule has 8 heavy (non-hydrogen) atoms. The summed E-state index contributed by atoms with van der Waals surface area (Å²) in [5.41, 5.74) is 0. The number of nitriles is 1. The first kappa shape index (κ1) is 6.77. The summed E-state index contributed by atoms with van der Waals surface area (Å²) >= 11 is 0. The van der Waals surface area contributed by atoms with Crippen LogP contribution in [0.3, 0.4) is 0 Å². The van der Waals surface area contributed by atoms with Crippen molar-refractivity contribution >= 4 is 0 Å². The maximum atomic E-state index is 7.32. The fraction of sp³-hybridized carbons (Fsp3) is 0.167. The Bertz CT molecular complexity index is 121. The van der Waals surface area contributed by atoms with Crippen LogP contribution in [0, 0.1) is 11.3 Å². The van der Waals surface area contributed by atoms with E-state index in [-0.39, 0.29) is 0 Å². The molecule has 0 amide bonds. The number of hydrogen-bond donors (Lipinski definition) is 0. The van der Waals surface area contributed by atoms with E-state index in [0.717, 1.165) is 0 Å². The minimum Gasteiger partial charge on any atom is -0.473 e. The van der Waals surface area contributed by atoms with Crippen LogP contribution in [0.15, 0.2) is 29.1 Å². The summed E-state index contributed by atoms with van der Waals surface area (Å²) in [6, 6.07) is 5.42. The third-order valence-corrected chi connectivity index (χ3v) is 0.425. The van der Waals surface area contributed by atoms with Crippen LogP contribution in [0.4, 0.5) is 0 Å². The number of nitrogens with zero attached hydrogens (tertiary/aromatic N) is 1. The van der Waals surface area contributed by atoms with Gasteiger partial charge in [-0.25, -0.2) is 0 Å².